The van der Waals surface area contributed by atoms with Gasteiger partial charge < -0.3 is 4.90 Å². The summed E-state index contributed by atoms with van der Waals surface area (Å²) in [6.07, 6.45) is 2.08. The first kappa shape index (κ1) is 19.1. The third-order valence-electron chi connectivity index (χ3n) is 4.47. The summed E-state index contributed by atoms with van der Waals surface area (Å²) >= 11 is 3.37. The number of nitrogens with zero attached hydrogens (tertiary/aromatic N) is 1. The standard InChI is InChI=1S/C19H21BrN2O3S/c1-14-11-17(7-8-18(14)20)26(24,25)21-13-15-5-4-6-16(12-15)19(23)22-9-2-3-10-22/h4-8,11-12,21H,2-3,9-10,13H2,1H3. The highest BCUT2D eigenvalue weighted by Crippen LogP contribution is 2.20. The van der Waals surface area contributed by atoms with Crippen LogP contribution in [0.5, 0.6) is 0 Å². The number of aryl methyl sites for hydroxylation is 1. The number of sulfonamides is 1. The molecule has 0 saturated carbocycles. The fraction of sp³-hybridized carbons (Fsp3) is 0.316. The quantitative estimate of drug-likeness (QED) is 0.779. The molecule has 1 saturated heterocycles. The minimum atomic E-state index is -3.61. The zero-order valence-corrected chi connectivity index (χ0v) is 16.9. The number of hydrogen-bond acceptors (Lipinski definition) is 3. The lowest BCUT2D eigenvalue weighted by atomic mass is 10.1. The SMILES string of the molecule is Cc1cc(S(=O)(=O)NCc2cccc(C(=O)N3CCCC3)c2)ccc1Br. The Morgan fingerprint density at radius 2 is 1.88 bits per heavy atom. The molecule has 1 heterocycles. The van der Waals surface area contributed by atoms with Crippen LogP contribution in [-0.4, -0.2) is 32.3 Å². The molecule has 5 nitrogen and oxygen atoms in total. The monoisotopic (exact) mass is 436 g/mol. The van der Waals surface area contributed by atoms with Crippen molar-refractivity contribution in [3.63, 3.8) is 0 Å². The van der Waals surface area contributed by atoms with Gasteiger partial charge in [0.2, 0.25) is 10.0 Å². The van der Waals surface area contributed by atoms with Gasteiger partial charge in [0.1, 0.15) is 0 Å². The smallest absolute Gasteiger partial charge is 0.253 e. The minimum absolute atomic E-state index is 0.00995. The summed E-state index contributed by atoms with van der Waals surface area (Å²) in [5, 5.41) is 0. The van der Waals surface area contributed by atoms with Crippen LogP contribution in [0.3, 0.4) is 0 Å². The molecule has 138 valence electrons. The van der Waals surface area contributed by atoms with E-state index in [1.807, 2.05) is 17.9 Å². The van der Waals surface area contributed by atoms with Crippen molar-refractivity contribution in [3.05, 3.63) is 63.6 Å². The summed E-state index contributed by atoms with van der Waals surface area (Å²) in [5.41, 5.74) is 2.21. The van der Waals surface area contributed by atoms with Crippen molar-refractivity contribution in [1.82, 2.24) is 9.62 Å². The molecule has 7 heteroatoms. The molecule has 0 radical (unpaired) electrons. The first-order valence-electron chi connectivity index (χ1n) is 8.51. The number of carbonyl (C=O) groups is 1. The number of hydrogen-bond donors (Lipinski definition) is 1. The lowest BCUT2D eigenvalue weighted by Gasteiger charge is -2.15. The van der Waals surface area contributed by atoms with Crippen LogP contribution in [0.25, 0.3) is 0 Å². The topological polar surface area (TPSA) is 66.5 Å². The Balaban J connectivity index is 1.72. The van der Waals surface area contributed by atoms with Gasteiger partial charge in [-0.25, -0.2) is 13.1 Å². The van der Waals surface area contributed by atoms with Crippen molar-refractivity contribution >= 4 is 31.9 Å². The van der Waals surface area contributed by atoms with Crippen molar-refractivity contribution in [1.29, 1.82) is 0 Å². The van der Waals surface area contributed by atoms with Gasteiger partial charge in [-0.2, -0.15) is 0 Å². The maximum absolute atomic E-state index is 12.5. The number of nitrogens with one attached hydrogen (secondary N) is 1. The second-order valence-corrected chi connectivity index (χ2v) is 9.06. The average Bonchev–Trinajstić information content (AvgIpc) is 3.16. The Labute approximate surface area is 162 Å². The van der Waals surface area contributed by atoms with Crippen molar-refractivity contribution < 1.29 is 13.2 Å². The third kappa shape index (κ3) is 4.34. The molecule has 0 spiro atoms. The number of carbonyl (C=O) groups excluding carboxylic acids is 1. The molecule has 2 aromatic rings. The van der Waals surface area contributed by atoms with E-state index in [0.717, 1.165) is 41.5 Å². The van der Waals surface area contributed by atoms with Crippen LogP contribution in [0.4, 0.5) is 0 Å². The van der Waals surface area contributed by atoms with E-state index in [1.165, 1.54) is 0 Å². The molecule has 1 N–H and O–H groups in total. The molecule has 0 bridgehead atoms. The van der Waals surface area contributed by atoms with Crippen molar-refractivity contribution in [2.45, 2.75) is 31.2 Å². The molecule has 0 aromatic heterocycles. The Bertz CT molecular complexity index is 922. The van der Waals surface area contributed by atoms with Crippen molar-refractivity contribution in [2.75, 3.05) is 13.1 Å². The first-order chi connectivity index (χ1) is 12.4. The molecule has 1 fully saturated rings. The molecule has 1 amide bonds. The van der Waals surface area contributed by atoms with Gasteiger partial charge in [-0.05, 0) is 61.2 Å². The summed E-state index contributed by atoms with van der Waals surface area (Å²) < 4.78 is 28.5. The van der Waals surface area contributed by atoms with Crippen LogP contribution in [0, 0.1) is 6.92 Å². The van der Waals surface area contributed by atoms with E-state index in [2.05, 4.69) is 20.7 Å². The molecule has 0 unspecified atom stereocenters. The highest BCUT2D eigenvalue weighted by atomic mass is 79.9. The van der Waals surface area contributed by atoms with Crippen molar-refractivity contribution in [3.8, 4) is 0 Å². The zero-order valence-electron chi connectivity index (χ0n) is 14.5. The van der Waals surface area contributed by atoms with Gasteiger partial charge in [0.15, 0.2) is 0 Å². The number of rotatable bonds is 5. The third-order valence-corrected chi connectivity index (χ3v) is 6.76. The molecule has 26 heavy (non-hydrogen) atoms. The predicted octanol–water partition coefficient (Wildman–Crippen LogP) is 3.47. The summed E-state index contributed by atoms with van der Waals surface area (Å²) in [6.45, 7) is 3.56. The van der Waals surface area contributed by atoms with Gasteiger partial charge in [0.05, 0.1) is 4.90 Å². The normalized spacial score (nSPS) is 14.6. The van der Waals surface area contributed by atoms with Crippen LogP contribution in [0.2, 0.25) is 0 Å². The summed E-state index contributed by atoms with van der Waals surface area (Å²) in [7, 11) is -3.61. The van der Waals surface area contributed by atoms with Gasteiger partial charge in [-0.3, -0.25) is 4.79 Å². The molecule has 1 aliphatic heterocycles. The zero-order chi connectivity index (χ0) is 18.7. The average molecular weight is 437 g/mol. The second kappa shape index (κ2) is 7.90. The van der Waals surface area contributed by atoms with Crippen LogP contribution < -0.4 is 4.72 Å². The number of amides is 1. The van der Waals surface area contributed by atoms with E-state index in [1.54, 1.807) is 36.4 Å². The van der Waals surface area contributed by atoms with E-state index in [0.29, 0.717) is 5.56 Å². The predicted molar refractivity (Wildman–Crippen MR) is 104 cm³/mol. The summed E-state index contributed by atoms with van der Waals surface area (Å²) in [5.74, 6) is 0.00995. The molecule has 1 aliphatic rings. The fourth-order valence-electron chi connectivity index (χ4n) is 2.96. The molecular formula is C19H21BrN2O3S. The number of halogens is 1. The van der Waals surface area contributed by atoms with Gasteiger partial charge in [-0.15, -0.1) is 0 Å². The second-order valence-electron chi connectivity index (χ2n) is 6.44. The van der Waals surface area contributed by atoms with Crippen LogP contribution in [0.15, 0.2) is 51.8 Å². The highest BCUT2D eigenvalue weighted by Gasteiger charge is 2.20. The first-order valence-corrected chi connectivity index (χ1v) is 10.8. The summed E-state index contributed by atoms with van der Waals surface area (Å²) in [4.78, 5) is 14.5. The minimum Gasteiger partial charge on any atom is -0.339 e. The van der Waals surface area contributed by atoms with E-state index in [4.69, 9.17) is 0 Å². The van der Waals surface area contributed by atoms with E-state index in [-0.39, 0.29) is 17.3 Å². The maximum Gasteiger partial charge on any atom is 0.253 e. The lowest BCUT2D eigenvalue weighted by Crippen LogP contribution is -2.28. The molecule has 0 atom stereocenters. The number of likely N-dealkylation sites (tertiary alicyclic amines) is 1. The van der Waals surface area contributed by atoms with E-state index < -0.39 is 10.0 Å². The van der Waals surface area contributed by atoms with Crippen LogP contribution >= 0.6 is 15.9 Å². The Morgan fingerprint density at radius 3 is 2.58 bits per heavy atom. The Morgan fingerprint density at radius 1 is 1.15 bits per heavy atom. The van der Waals surface area contributed by atoms with E-state index >= 15 is 0 Å². The van der Waals surface area contributed by atoms with Gasteiger partial charge >= 0.3 is 0 Å². The Kier molecular flexibility index (Phi) is 5.79. The fourth-order valence-corrected chi connectivity index (χ4v) is 4.31. The molecule has 0 aliphatic carbocycles. The molecule has 2 aromatic carbocycles. The lowest BCUT2D eigenvalue weighted by molar-refractivity contribution is 0.0792. The largest absolute Gasteiger partial charge is 0.339 e. The van der Waals surface area contributed by atoms with Gasteiger partial charge in [0.25, 0.3) is 5.91 Å². The highest BCUT2D eigenvalue weighted by molar-refractivity contribution is 9.10. The van der Waals surface area contributed by atoms with Crippen LogP contribution in [-0.2, 0) is 16.6 Å². The molecular weight excluding hydrogens is 416 g/mol. The summed E-state index contributed by atoms with van der Waals surface area (Å²) in [6, 6.07) is 12.0. The van der Waals surface area contributed by atoms with Crippen LogP contribution in [0.1, 0.15) is 34.3 Å². The maximum atomic E-state index is 12.5. The number of benzene rings is 2. The van der Waals surface area contributed by atoms with E-state index in [9.17, 15) is 13.2 Å². The Hall–Kier alpha value is -1.70. The van der Waals surface area contributed by atoms with Gasteiger partial charge in [0, 0.05) is 29.7 Å². The molecule has 3 rings (SSSR count). The van der Waals surface area contributed by atoms with Gasteiger partial charge in [-0.1, -0.05) is 28.1 Å². The van der Waals surface area contributed by atoms with Crippen molar-refractivity contribution in [2.24, 2.45) is 0 Å².